The lowest BCUT2D eigenvalue weighted by Crippen LogP contribution is -2.53. The van der Waals surface area contributed by atoms with Gasteiger partial charge in [0.25, 0.3) is 0 Å². The molecule has 0 heterocycles. The van der Waals surface area contributed by atoms with Gasteiger partial charge in [-0.3, -0.25) is 10.6 Å². The van der Waals surface area contributed by atoms with Crippen LogP contribution < -0.4 is 10.6 Å². The topological polar surface area (TPSA) is 64.5 Å². The van der Waals surface area contributed by atoms with E-state index in [0.29, 0.717) is 11.8 Å². The molecule has 4 heteroatoms. The molecule has 0 aromatic heterocycles. The zero-order chi connectivity index (χ0) is 21.8. The molecule has 2 unspecified atom stereocenters. The summed E-state index contributed by atoms with van der Waals surface area (Å²) in [4.78, 5) is 0. The van der Waals surface area contributed by atoms with Crippen molar-refractivity contribution in [2.45, 2.75) is 120 Å². The molecule has 1 aliphatic carbocycles. The Morgan fingerprint density at radius 3 is 1.15 bits per heavy atom. The van der Waals surface area contributed by atoms with E-state index in [0.717, 1.165) is 6.42 Å². The maximum Gasteiger partial charge on any atom is 0.0935 e. The lowest BCUT2D eigenvalue weighted by atomic mass is 9.67. The largest absolute Gasteiger partial charge is 0.381 e. The van der Waals surface area contributed by atoms with Gasteiger partial charge >= 0.3 is 0 Å². The van der Waals surface area contributed by atoms with Crippen LogP contribution in [0.25, 0.3) is 0 Å². The van der Waals surface area contributed by atoms with Gasteiger partial charge in [-0.1, -0.05) is 61.8 Å². The number of hydrogen-bond acceptors (Lipinski definition) is 4. The van der Waals surface area contributed by atoms with Gasteiger partial charge in [0, 0.05) is 11.1 Å². The highest BCUT2D eigenvalue weighted by Crippen LogP contribution is 2.40. The van der Waals surface area contributed by atoms with Gasteiger partial charge in [-0.15, -0.1) is 0 Å². The molecule has 4 nitrogen and oxygen atoms in total. The average molecular weight is 379 g/mol. The van der Waals surface area contributed by atoms with E-state index >= 15 is 0 Å². The average Bonchev–Trinajstić information content (AvgIpc) is 2.68. The summed E-state index contributed by atoms with van der Waals surface area (Å²) in [7, 11) is 0. The Morgan fingerprint density at radius 2 is 0.923 bits per heavy atom. The van der Waals surface area contributed by atoms with E-state index < -0.39 is 0 Å². The summed E-state index contributed by atoms with van der Waals surface area (Å²) in [5.41, 5.74) is -0.0502. The third-order valence-electron chi connectivity index (χ3n) is 4.78. The van der Waals surface area contributed by atoms with E-state index in [2.05, 4.69) is 38.3 Å². The van der Waals surface area contributed by atoms with Crippen molar-refractivity contribution in [1.29, 1.82) is 0 Å². The molecule has 26 heavy (non-hydrogen) atoms. The molecular formula is C22H54N2O2. The van der Waals surface area contributed by atoms with Crippen LogP contribution >= 0.6 is 0 Å². The predicted octanol–water partition coefficient (Wildman–Crippen LogP) is 5.53. The summed E-state index contributed by atoms with van der Waals surface area (Å²) in [6.45, 7) is 24.7. The van der Waals surface area contributed by atoms with E-state index in [1.54, 1.807) is 0 Å². The summed E-state index contributed by atoms with van der Waals surface area (Å²) >= 11 is 0. The summed E-state index contributed by atoms with van der Waals surface area (Å²) < 4.78 is 0. The molecule has 164 valence electrons. The quantitative estimate of drug-likeness (QED) is 0.459. The molecule has 0 aromatic carbocycles. The van der Waals surface area contributed by atoms with Gasteiger partial charge in [-0.25, -0.2) is 0 Å². The fourth-order valence-electron chi connectivity index (χ4n) is 3.20. The lowest BCUT2D eigenvalue weighted by molar-refractivity contribution is 0.0757. The molecule has 4 N–H and O–H groups in total. The third kappa shape index (κ3) is 14.0. The summed E-state index contributed by atoms with van der Waals surface area (Å²) in [5, 5.41) is 24.5. The van der Waals surface area contributed by atoms with E-state index in [1.165, 1.54) is 19.3 Å². The second kappa shape index (κ2) is 21.1. The molecule has 0 bridgehead atoms. The molecule has 0 amide bonds. The second-order valence-corrected chi connectivity index (χ2v) is 6.67. The molecule has 1 aliphatic rings. The summed E-state index contributed by atoms with van der Waals surface area (Å²) in [6, 6.07) is 0. The number of nitrogens with one attached hydrogen (secondary N) is 2. The molecule has 0 aliphatic heterocycles. The van der Waals surface area contributed by atoms with Gasteiger partial charge in [-0.05, 0) is 58.8 Å². The lowest BCUT2D eigenvalue weighted by Gasteiger charge is -2.45. The van der Waals surface area contributed by atoms with Gasteiger partial charge in [0.1, 0.15) is 0 Å². The van der Waals surface area contributed by atoms with E-state index in [9.17, 15) is 0 Å². The fraction of sp³-hybridized carbons (Fsp3) is 1.00. The standard InChI is InChI=1S/C14H30N2O2.4C2H6/c1-13(2,15-9-17)11-6-5-7-12(8-11)14(3,4)16-10-18;4*1-2/h11-12,15-18H,5-10H2,1-4H3;4*1-2H3. The van der Waals surface area contributed by atoms with Crippen LogP contribution in [0.3, 0.4) is 0 Å². The minimum Gasteiger partial charge on any atom is -0.381 e. The van der Waals surface area contributed by atoms with Crippen molar-refractivity contribution < 1.29 is 10.2 Å². The van der Waals surface area contributed by atoms with Crippen molar-refractivity contribution in [3.8, 4) is 0 Å². The van der Waals surface area contributed by atoms with Crippen molar-refractivity contribution in [3.05, 3.63) is 0 Å². The molecule has 1 fully saturated rings. The molecule has 0 aromatic rings. The monoisotopic (exact) mass is 378 g/mol. The zero-order valence-corrected chi connectivity index (χ0v) is 20.3. The molecule has 1 saturated carbocycles. The first kappa shape index (κ1) is 33.4. The number of hydrogen-bond donors (Lipinski definition) is 4. The second-order valence-electron chi connectivity index (χ2n) is 6.67. The first-order valence-corrected chi connectivity index (χ1v) is 11.0. The highest BCUT2D eigenvalue weighted by Gasteiger charge is 2.38. The number of aliphatic hydroxyl groups is 2. The van der Waals surface area contributed by atoms with Gasteiger partial charge in [0.15, 0.2) is 0 Å². The Labute approximate surface area is 166 Å². The molecular weight excluding hydrogens is 324 g/mol. The predicted molar refractivity (Wildman–Crippen MR) is 119 cm³/mol. The fourth-order valence-corrected chi connectivity index (χ4v) is 3.20. The van der Waals surface area contributed by atoms with Crippen LogP contribution in [0.15, 0.2) is 0 Å². The molecule has 0 saturated heterocycles. The first-order valence-electron chi connectivity index (χ1n) is 11.0. The first-order chi connectivity index (χ1) is 12.3. The van der Waals surface area contributed by atoms with Crippen molar-refractivity contribution in [2.75, 3.05) is 13.5 Å². The van der Waals surface area contributed by atoms with Crippen molar-refractivity contribution in [2.24, 2.45) is 11.8 Å². The number of aliphatic hydroxyl groups excluding tert-OH is 2. The van der Waals surface area contributed by atoms with Gasteiger partial charge < -0.3 is 10.2 Å². The number of rotatable bonds is 6. The van der Waals surface area contributed by atoms with Crippen LogP contribution in [0.5, 0.6) is 0 Å². The van der Waals surface area contributed by atoms with E-state index in [1.807, 2.05) is 55.4 Å². The smallest absolute Gasteiger partial charge is 0.0935 e. The Bertz CT molecular complexity index is 233. The van der Waals surface area contributed by atoms with Crippen LogP contribution in [0.1, 0.15) is 109 Å². The SMILES string of the molecule is CC.CC.CC.CC.CC(C)(NCO)C1CCCC(C(C)(C)NCO)C1. The summed E-state index contributed by atoms with van der Waals surface area (Å²) in [6.07, 6.45) is 4.79. The Morgan fingerprint density at radius 1 is 0.654 bits per heavy atom. The molecule has 1 rings (SSSR count). The Kier molecular flexibility index (Phi) is 27.2. The van der Waals surface area contributed by atoms with Crippen LogP contribution in [0.2, 0.25) is 0 Å². The van der Waals surface area contributed by atoms with Crippen LogP contribution in [0, 0.1) is 11.8 Å². The molecule has 0 radical (unpaired) electrons. The highest BCUT2D eigenvalue weighted by atomic mass is 16.3. The molecule has 2 atom stereocenters. The van der Waals surface area contributed by atoms with Crippen molar-refractivity contribution >= 4 is 0 Å². The normalized spacial score (nSPS) is 19.2. The van der Waals surface area contributed by atoms with Gasteiger partial charge in [0.05, 0.1) is 13.5 Å². The van der Waals surface area contributed by atoms with Crippen LogP contribution in [-0.4, -0.2) is 34.8 Å². The molecule has 0 spiro atoms. The van der Waals surface area contributed by atoms with Crippen LogP contribution in [0.4, 0.5) is 0 Å². The third-order valence-corrected chi connectivity index (χ3v) is 4.78. The Balaban J connectivity index is -0.000000266. The minimum absolute atomic E-state index is 0.0251. The van der Waals surface area contributed by atoms with Crippen LogP contribution in [-0.2, 0) is 0 Å². The van der Waals surface area contributed by atoms with E-state index in [-0.39, 0.29) is 24.5 Å². The van der Waals surface area contributed by atoms with E-state index in [4.69, 9.17) is 10.2 Å². The Hall–Kier alpha value is -0.160. The highest BCUT2D eigenvalue weighted by molar-refractivity contribution is 4.95. The van der Waals surface area contributed by atoms with Gasteiger partial charge in [-0.2, -0.15) is 0 Å². The summed E-state index contributed by atoms with van der Waals surface area (Å²) in [5.74, 6) is 1.14. The van der Waals surface area contributed by atoms with Crippen molar-refractivity contribution in [1.82, 2.24) is 10.6 Å². The maximum absolute atomic E-state index is 9.09. The van der Waals surface area contributed by atoms with Crippen molar-refractivity contribution in [3.63, 3.8) is 0 Å². The minimum atomic E-state index is -0.0251. The zero-order valence-electron chi connectivity index (χ0n) is 20.3. The van der Waals surface area contributed by atoms with Gasteiger partial charge in [0.2, 0.25) is 0 Å². The maximum atomic E-state index is 9.09.